The molecule has 0 radical (unpaired) electrons. The van der Waals surface area contributed by atoms with Crippen molar-refractivity contribution in [3.05, 3.63) is 0 Å². The van der Waals surface area contributed by atoms with E-state index in [1.54, 1.807) is 0 Å². The Labute approximate surface area is 638 Å². The number of rotatable bonds is 83. The van der Waals surface area contributed by atoms with E-state index < -0.39 is 97.5 Å². The van der Waals surface area contributed by atoms with Crippen LogP contribution < -0.4 is 0 Å². The standard InChI is InChI=1S/C85H166O17P2/c1-8-9-10-11-12-13-14-15-16-17-18-19-23-29-34-39-44-52-59-66-82(87)95-72-80(101-84(89)68-61-54-45-40-35-30-24-21-20-22-27-32-37-42-49-56-63-76(2)3)74-99-103(91,92)97-70-79(86)71-98-104(93,94)100-75-81(73-96-83(88)67-60-53-48-47-51-58-65-78(6)7)102-85(90)69-62-55-46-41-36-31-26-25-28-33-38-43-50-57-64-77(4)5/h76-81,86H,8-75H2,1-7H3,(H,91,92)(H,93,94)/t79-,80-,81-/m1/s1. The van der Waals surface area contributed by atoms with Crippen molar-refractivity contribution in [3.63, 3.8) is 0 Å². The molecule has 3 N–H and O–H groups in total. The van der Waals surface area contributed by atoms with Crippen molar-refractivity contribution in [2.75, 3.05) is 39.6 Å². The Kier molecular flexibility index (Phi) is 73.7. The van der Waals surface area contributed by atoms with Gasteiger partial charge in [-0.3, -0.25) is 37.3 Å². The molecule has 0 aromatic rings. The van der Waals surface area contributed by atoms with Crippen LogP contribution in [0.3, 0.4) is 0 Å². The van der Waals surface area contributed by atoms with E-state index in [9.17, 15) is 43.2 Å². The molecule has 0 heterocycles. The lowest BCUT2D eigenvalue weighted by Gasteiger charge is -2.21. The van der Waals surface area contributed by atoms with Gasteiger partial charge in [0.25, 0.3) is 0 Å². The van der Waals surface area contributed by atoms with Crippen LogP contribution in [0.4, 0.5) is 0 Å². The minimum Gasteiger partial charge on any atom is -0.462 e. The molecule has 0 saturated heterocycles. The Bertz CT molecular complexity index is 2010. The first kappa shape index (κ1) is 102. The van der Waals surface area contributed by atoms with Crippen molar-refractivity contribution in [2.24, 2.45) is 17.8 Å². The summed E-state index contributed by atoms with van der Waals surface area (Å²) in [5.41, 5.74) is 0. The molecular weight excluding hydrogens is 1350 g/mol. The molecule has 104 heavy (non-hydrogen) atoms. The van der Waals surface area contributed by atoms with Crippen molar-refractivity contribution in [3.8, 4) is 0 Å². The van der Waals surface area contributed by atoms with Gasteiger partial charge in [-0.05, 0) is 43.4 Å². The Balaban J connectivity index is 5.22. The lowest BCUT2D eigenvalue weighted by atomic mass is 10.0. The van der Waals surface area contributed by atoms with Gasteiger partial charge in [-0.2, -0.15) is 0 Å². The van der Waals surface area contributed by atoms with E-state index in [0.717, 1.165) is 108 Å². The van der Waals surface area contributed by atoms with Crippen LogP contribution in [-0.2, 0) is 65.4 Å². The molecule has 17 nitrogen and oxygen atoms in total. The minimum atomic E-state index is -4.97. The van der Waals surface area contributed by atoms with Gasteiger partial charge < -0.3 is 33.8 Å². The van der Waals surface area contributed by atoms with Gasteiger partial charge in [0.15, 0.2) is 12.2 Å². The van der Waals surface area contributed by atoms with Gasteiger partial charge in [0.05, 0.1) is 26.4 Å². The molecular formula is C85H166O17P2. The Morgan fingerprint density at radius 3 is 0.654 bits per heavy atom. The van der Waals surface area contributed by atoms with E-state index in [2.05, 4.69) is 48.5 Å². The smallest absolute Gasteiger partial charge is 0.462 e. The SMILES string of the molecule is CCCCCCCCCCCCCCCCCCCCCC(=O)OC[C@H](COP(=O)(O)OC[C@@H](O)COP(=O)(O)OC[C@@H](COC(=O)CCCCCCCCC(C)C)OC(=O)CCCCCCCCCCCCCCCCC(C)C)OC(=O)CCCCCCCCCCCCCCCCCCC(C)C. The zero-order valence-electron chi connectivity index (χ0n) is 68.5. The van der Waals surface area contributed by atoms with Crippen molar-refractivity contribution < 1.29 is 80.2 Å². The number of ether oxygens (including phenoxy) is 4. The first-order valence-electron chi connectivity index (χ1n) is 43.8. The second-order valence-corrected chi connectivity index (χ2v) is 34.9. The number of phosphoric ester groups is 2. The summed E-state index contributed by atoms with van der Waals surface area (Å²) in [4.78, 5) is 73.1. The van der Waals surface area contributed by atoms with Crippen LogP contribution in [0.25, 0.3) is 0 Å². The molecule has 19 heteroatoms. The number of hydrogen-bond donors (Lipinski definition) is 3. The summed E-state index contributed by atoms with van der Waals surface area (Å²) in [5.74, 6) is 0.176. The zero-order valence-corrected chi connectivity index (χ0v) is 70.3. The van der Waals surface area contributed by atoms with E-state index in [-0.39, 0.29) is 25.7 Å². The highest BCUT2D eigenvalue weighted by Gasteiger charge is 2.30. The average molecular weight is 1520 g/mol. The Morgan fingerprint density at radius 1 is 0.260 bits per heavy atom. The van der Waals surface area contributed by atoms with Crippen molar-refractivity contribution in [1.82, 2.24) is 0 Å². The molecule has 0 aromatic heterocycles. The second-order valence-electron chi connectivity index (χ2n) is 32.0. The first-order valence-corrected chi connectivity index (χ1v) is 46.8. The van der Waals surface area contributed by atoms with Crippen LogP contribution in [0.15, 0.2) is 0 Å². The molecule has 5 atom stereocenters. The summed E-state index contributed by atoms with van der Waals surface area (Å²) in [5, 5.41) is 10.7. The van der Waals surface area contributed by atoms with E-state index in [0.29, 0.717) is 31.6 Å². The van der Waals surface area contributed by atoms with Crippen molar-refractivity contribution in [2.45, 2.75) is 465 Å². The number of hydrogen-bond acceptors (Lipinski definition) is 15. The lowest BCUT2D eigenvalue weighted by molar-refractivity contribution is -0.161. The largest absolute Gasteiger partial charge is 0.472 e. The van der Waals surface area contributed by atoms with Crippen LogP contribution in [0.1, 0.15) is 447 Å². The monoisotopic (exact) mass is 1520 g/mol. The number of esters is 4. The fourth-order valence-corrected chi connectivity index (χ4v) is 14.8. The highest BCUT2D eigenvalue weighted by molar-refractivity contribution is 7.47. The molecule has 0 bridgehead atoms. The highest BCUT2D eigenvalue weighted by atomic mass is 31.2. The first-order chi connectivity index (χ1) is 50.2. The van der Waals surface area contributed by atoms with Crippen molar-refractivity contribution >= 4 is 39.5 Å². The number of aliphatic hydroxyl groups is 1. The number of aliphatic hydroxyl groups excluding tert-OH is 1. The molecule has 0 aromatic carbocycles. The van der Waals surface area contributed by atoms with Gasteiger partial charge in [-0.15, -0.1) is 0 Å². The third-order valence-corrected chi connectivity index (χ3v) is 21.8. The fourth-order valence-electron chi connectivity index (χ4n) is 13.2. The molecule has 0 aliphatic rings. The molecule has 0 aliphatic carbocycles. The van der Waals surface area contributed by atoms with E-state index in [1.807, 2.05) is 0 Å². The van der Waals surface area contributed by atoms with Gasteiger partial charge in [0, 0.05) is 25.7 Å². The molecule has 618 valence electrons. The maximum absolute atomic E-state index is 13.1. The summed E-state index contributed by atoms with van der Waals surface area (Å²) in [6, 6.07) is 0. The van der Waals surface area contributed by atoms with Crippen LogP contribution in [-0.4, -0.2) is 96.7 Å². The normalized spacial score (nSPS) is 13.9. The van der Waals surface area contributed by atoms with E-state index in [4.69, 9.17) is 37.0 Å². The van der Waals surface area contributed by atoms with Gasteiger partial charge in [0.2, 0.25) is 0 Å². The maximum Gasteiger partial charge on any atom is 0.472 e. The topological polar surface area (TPSA) is 237 Å². The number of unbranched alkanes of at least 4 members (excludes halogenated alkanes) is 51. The maximum atomic E-state index is 13.1. The number of carbonyl (C=O) groups excluding carboxylic acids is 4. The minimum absolute atomic E-state index is 0.107. The summed E-state index contributed by atoms with van der Waals surface area (Å²) in [6.45, 7) is 11.9. The van der Waals surface area contributed by atoms with Gasteiger partial charge in [-0.1, -0.05) is 395 Å². The van der Waals surface area contributed by atoms with Gasteiger partial charge in [0.1, 0.15) is 19.3 Å². The third-order valence-electron chi connectivity index (χ3n) is 19.9. The van der Waals surface area contributed by atoms with Crippen LogP contribution >= 0.6 is 15.6 Å². The van der Waals surface area contributed by atoms with Gasteiger partial charge in [-0.25, -0.2) is 9.13 Å². The summed E-state index contributed by atoms with van der Waals surface area (Å²) in [6.07, 6.45) is 65.5. The van der Waals surface area contributed by atoms with E-state index >= 15 is 0 Å². The molecule has 0 rings (SSSR count). The fraction of sp³-hybridized carbons (Fsp3) is 0.953. The van der Waals surface area contributed by atoms with Crippen LogP contribution in [0.2, 0.25) is 0 Å². The number of carbonyl (C=O) groups is 4. The predicted octanol–water partition coefficient (Wildman–Crippen LogP) is 25.7. The second kappa shape index (κ2) is 75.1. The summed E-state index contributed by atoms with van der Waals surface area (Å²) >= 11 is 0. The molecule has 0 saturated carbocycles. The van der Waals surface area contributed by atoms with Crippen molar-refractivity contribution in [1.29, 1.82) is 0 Å². The molecule has 0 amide bonds. The Hall–Kier alpha value is -1.94. The molecule has 0 spiro atoms. The third kappa shape index (κ3) is 78.2. The number of phosphoric acid groups is 2. The van der Waals surface area contributed by atoms with E-state index in [1.165, 1.54) is 250 Å². The predicted molar refractivity (Wildman–Crippen MR) is 428 cm³/mol. The zero-order chi connectivity index (χ0) is 76.5. The van der Waals surface area contributed by atoms with Gasteiger partial charge >= 0.3 is 39.5 Å². The summed E-state index contributed by atoms with van der Waals surface area (Å²) in [7, 11) is -9.93. The lowest BCUT2D eigenvalue weighted by Crippen LogP contribution is -2.30. The molecule has 2 unspecified atom stereocenters. The quantitative estimate of drug-likeness (QED) is 0.0222. The van der Waals surface area contributed by atoms with Crippen LogP contribution in [0.5, 0.6) is 0 Å². The average Bonchev–Trinajstić information content (AvgIpc) is 0.905. The Morgan fingerprint density at radius 2 is 0.442 bits per heavy atom. The highest BCUT2D eigenvalue weighted by Crippen LogP contribution is 2.45. The molecule has 0 fully saturated rings. The molecule has 0 aliphatic heterocycles. The summed E-state index contributed by atoms with van der Waals surface area (Å²) < 4.78 is 68.8. The van der Waals surface area contributed by atoms with Crippen LogP contribution in [0, 0.1) is 17.8 Å².